The van der Waals surface area contributed by atoms with Gasteiger partial charge in [0.1, 0.15) is 6.04 Å². The van der Waals surface area contributed by atoms with Crippen LogP contribution in [0.4, 0.5) is 5.69 Å². The predicted molar refractivity (Wildman–Crippen MR) is 63.2 cm³/mol. The Morgan fingerprint density at radius 2 is 1.88 bits per heavy atom. The van der Waals surface area contributed by atoms with E-state index in [-0.39, 0.29) is 11.6 Å². The highest BCUT2D eigenvalue weighted by molar-refractivity contribution is 6.08. The minimum Gasteiger partial charge on any atom is -0.371 e. The topological polar surface area (TPSA) is 46.2 Å². The number of carbonyl (C=O) groups is 2. The first-order valence-corrected chi connectivity index (χ1v) is 5.18. The molecule has 0 spiro atoms. The van der Waals surface area contributed by atoms with Crippen LogP contribution in [0, 0.1) is 0 Å². The van der Waals surface area contributed by atoms with E-state index in [0.717, 1.165) is 11.3 Å². The summed E-state index contributed by atoms with van der Waals surface area (Å²) in [4.78, 5) is 22.9. The van der Waals surface area contributed by atoms with Gasteiger partial charge in [0.05, 0.1) is 0 Å². The minimum atomic E-state index is -0.507. The fraction of sp³-hybridized carbons (Fsp3) is 0.231. The minimum absolute atomic E-state index is 0.0454. The van der Waals surface area contributed by atoms with E-state index in [4.69, 9.17) is 0 Å². The summed E-state index contributed by atoms with van der Waals surface area (Å²) in [6.45, 7) is 2.97. The summed E-state index contributed by atoms with van der Waals surface area (Å²) in [5, 5.41) is 3.09. The molecule has 0 saturated carbocycles. The maximum atomic E-state index is 11.5. The number of rotatable bonds is 2. The Kier molecular flexibility index (Phi) is 2.60. The molecule has 1 heterocycles. The highest BCUT2D eigenvalue weighted by atomic mass is 16.1. The zero-order valence-electron chi connectivity index (χ0n) is 9.28. The van der Waals surface area contributed by atoms with E-state index < -0.39 is 6.04 Å². The molecule has 0 aliphatic carbocycles. The highest BCUT2D eigenvalue weighted by Gasteiger charge is 2.26. The van der Waals surface area contributed by atoms with Crippen molar-refractivity contribution in [3.8, 4) is 0 Å². The molecule has 0 saturated heterocycles. The third-order valence-electron chi connectivity index (χ3n) is 2.70. The van der Waals surface area contributed by atoms with Crippen molar-refractivity contribution in [1.29, 1.82) is 0 Å². The molecule has 3 heteroatoms. The van der Waals surface area contributed by atoms with Gasteiger partial charge in [0.15, 0.2) is 11.6 Å². The van der Waals surface area contributed by atoms with Crippen LogP contribution in [0.2, 0.25) is 0 Å². The lowest BCUT2D eigenvalue weighted by Crippen LogP contribution is -2.34. The number of fused-ring (bicyclic) bond motifs is 1. The Bertz CT molecular complexity index is 488. The van der Waals surface area contributed by atoms with Gasteiger partial charge in [-0.1, -0.05) is 18.2 Å². The number of para-hydroxylation sites is 1. The molecule has 1 aromatic rings. The molecule has 1 unspecified atom stereocenters. The van der Waals surface area contributed by atoms with Crippen molar-refractivity contribution in [2.45, 2.75) is 19.9 Å². The maximum Gasteiger partial charge on any atom is 0.158 e. The van der Waals surface area contributed by atoms with Crippen LogP contribution in [-0.4, -0.2) is 17.6 Å². The fourth-order valence-electron chi connectivity index (χ4n) is 1.86. The number of nitrogens with one attached hydrogen (secondary N) is 1. The second-order valence-electron chi connectivity index (χ2n) is 3.93. The molecule has 1 aliphatic rings. The van der Waals surface area contributed by atoms with Gasteiger partial charge in [-0.3, -0.25) is 9.59 Å². The van der Waals surface area contributed by atoms with Crippen molar-refractivity contribution in [3.63, 3.8) is 0 Å². The molecule has 1 aliphatic heterocycles. The molecule has 0 aromatic heterocycles. The summed E-state index contributed by atoms with van der Waals surface area (Å²) in [7, 11) is 0. The van der Waals surface area contributed by atoms with Gasteiger partial charge in [-0.2, -0.15) is 0 Å². The van der Waals surface area contributed by atoms with Gasteiger partial charge in [0.25, 0.3) is 0 Å². The average Bonchev–Trinajstić information content (AvgIpc) is 2.27. The first-order valence-electron chi connectivity index (χ1n) is 5.18. The van der Waals surface area contributed by atoms with E-state index in [9.17, 15) is 9.59 Å². The van der Waals surface area contributed by atoms with Crippen LogP contribution in [0.1, 0.15) is 19.4 Å². The summed E-state index contributed by atoms with van der Waals surface area (Å²) in [6.07, 6.45) is 1.79. The van der Waals surface area contributed by atoms with Crippen LogP contribution in [-0.2, 0) is 9.59 Å². The molecule has 0 bridgehead atoms. The first kappa shape index (κ1) is 10.6. The van der Waals surface area contributed by atoms with Gasteiger partial charge in [0, 0.05) is 11.3 Å². The van der Waals surface area contributed by atoms with E-state index in [1.54, 1.807) is 6.08 Å². The zero-order valence-corrected chi connectivity index (χ0v) is 9.28. The van der Waals surface area contributed by atoms with Crippen molar-refractivity contribution in [2.75, 3.05) is 5.32 Å². The van der Waals surface area contributed by atoms with Gasteiger partial charge in [-0.05, 0) is 31.6 Å². The van der Waals surface area contributed by atoms with Gasteiger partial charge < -0.3 is 5.32 Å². The normalized spacial score (nSPS) is 18.1. The van der Waals surface area contributed by atoms with Crippen LogP contribution in [0.5, 0.6) is 0 Å². The Morgan fingerprint density at radius 3 is 2.50 bits per heavy atom. The molecule has 82 valence electrons. The fourth-order valence-corrected chi connectivity index (χ4v) is 1.86. The third kappa shape index (κ3) is 1.76. The number of carbonyl (C=O) groups excluding carboxylic acids is 2. The maximum absolute atomic E-state index is 11.5. The lowest BCUT2D eigenvalue weighted by Gasteiger charge is -2.24. The Morgan fingerprint density at radius 1 is 1.19 bits per heavy atom. The van der Waals surface area contributed by atoms with Crippen molar-refractivity contribution in [1.82, 2.24) is 0 Å². The molecule has 0 fully saturated rings. The molecular weight excluding hydrogens is 202 g/mol. The van der Waals surface area contributed by atoms with E-state index >= 15 is 0 Å². The Balaban J connectivity index is 2.51. The monoisotopic (exact) mass is 215 g/mol. The molecule has 3 nitrogen and oxygen atoms in total. The molecule has 0 radical (unpaired) electrons. The van der Waals surface area contributed by atoms with Crippen LogP contribution >= 0.6 is 0 Å². The van der Waals surface area contributed by atoms with Gasteiger partial charge >= 0.3 is 0 Å². The van der Waals surface area contributed by atoms with Crippen LogP contribution in [0.15, 0.2) is 29.8 Å². The standard InChI is InChI=1S/C13H13NO2/c1-8(15)11-7-10-5-3-4-6-12(10)14-13(11)9(2)16/h3-7,13-14H,1-2H3. The van der Waals surface area contributed by atoms with E-state index in [1.165, 1.54) is 13.8 Å². The van der Waals surface area contributed by atoms with Gasteiger partial charge in [-0.25, -0.2) is 0 Å². The Hall–Kier alpha value is -1.90. The summed E-state index contributed by atoms with van der Waals surface area (Å²) < 4.78 is 0. The molecular formula is C13H13NO2. The number of hydrogen-bond acceptors (Lipinski definition) is 3. The van der Waals surface area contributed by atoms with Gasteiger partial charge in [0.2, 0.25) is 0 Å². The van der Waals surface area contributed by atoms with Crippen molar-refractivity contribution >= 4 is 23.3 Å². The number of Topliss-reactive ketones (excluding diaryl/α,β-unsaturated/α-hetero) is 2. The predicted octanol–water partition coefficient (Wildman–Crippen LogP) is 2.04. The quantitative estimate of drug-likeness (QED) is 0.821. The lowest BCUT2D eigenvalue weighted by atomic mass is 9.93. The lowest BCUT2D eigenvalue weighted by molar-refractivity contribution is -0.119. The molecule has 2 rings (SSSR count). The molecule has 1 aromatic carbocycles. The number of anilines is 1. The van der Waals surface area contributed by atoms with E-state index in [0.29, 0.717) is 5.57 Å². The number of ketones is 2. The van der Waals surface area contributed by atoms with Crippen LogP contribution < -0.4 is 5.32 Å². The van der Waals surface area contributed by atoms with Crippen molar-refractivity contribution < 1.29 is 9.59 Å². The summed E-state index contributed by atoms with van der Waals surface area (Å²) in [5.74, 6) is -0.113. The van der Waals surface area contributed by atoms with Gasteiger partial charge in [-0.15, -0.1) is 0 Å². The summed E-state index contributed by atoms with van der Waals surface area (Å²) >= 11 is 0. The second kappa shape index (κ2) is 3.93. The molecule has 1 N–H and O–H groups in total. The first-order chi connectivity index (χ1) is 7.59. The zero-order chi connectivity index (χ0) is 11.7. The summed E-state index contributed by atoms with van der Waals surface area (Å²) in [6, 6.07) is 7.12. The van der Waals surface area contributed by atoms with E-state index in [2.05, 4.69) is 5.32 Å². The molecule has 0 amide bonds. The van der Waals surface area contributed by atoms with Crippen LogP contribution in [0.25, 0.3) is 6.08 Å². The highest BCUT2D eigenvalue weighted by Crippen LogP contribution is 2.27. The molecule has 1 atom stereocenters. The third-order valence-corrected chi connectivity index (χ3v) is 2.70. The van der Waals surface area contributed by atoms with E-state index in [1.807, 2.05) is 24.3 Å². The Labute approximate surface area is 94.2 Å². The SMILES string of the molecule is CC(=O)C1=Cc2ccccc2NC1C(C)=O. The summed E-state index contributed by atoms with van der Waals surface area (Å²) in [5.41, 5.74) is 2.38. The number of hydrogen-bond donors (Lipinski definition) is 1. The smallest absolute Gasteiger partial charge is 0.158 e. The second-order valence-corrected chi connectivity index (χ2v) is 3.93. The average molecular weight is 215 g/mol. The largest absolute Gasteiger partial charge is 0.371 e. The van der Waals surface area contributed by atoms with Crippen molar-refractivity contribution in [2.24, 2.45) is 0 Å². The number of benzene rings is 1. The van der Waals surface area contributed by atoms with Crippen molar-refractivity contribution in [3.05, 3.63) is 35.4 Å². The van der Waals surface area contributed by atoms with Crippen LogP contribution in [0.3, 0.4) is 0 Å². The molecule has 16 heavy (non-hydrogen) atoms.